The SMILES string of the molecule is O=C(COc1ccccc1Cl)NNC(=O)c1ccc(O)cc1. The summed E-state index contributed by atoms with van der Waals surface area (Å²) < 4.78 is 5.22. The average molecular weight is 321 g/mol. The Morgan fingerprint density at radius 2 is 1.73 bits per heavy atom. The first kappa shape index (κ1) is 15.7. The van der Waals surface area contributed by atoms with Crippen LogP contribution in [-0.2, 0) is 4.79 Å². The van der Waals surface area contributed by atoms with Gasteiger partial charge in [0.1, 0.15) is 11.5 Å². The Hall–Kier alpha value is -2.73. The molecule has 2 rings (SSSR count). The molecule has 2 aromatic carbocycles. The number of carbonyl (C=O) groups is 2. The molecule has 0 heterocycles. The van der Waals surface area contributed by atoms with Crippen LogP contribution in [0.3, 0.4) is 0 Å². The summed E-state index contributed by atoms with van der Waals surface area (Å²) in [6.07, 6.45) is 0. The van der Waals surface area contributed by atoms with Crippen LogP contribution in [0.25, 0.3) is 0 Å². The van der Waals surface area contributed by atoms with Crippen LogP contribution in [0.2, 0.25) is 5.02 Å². The topological polar surface area (TPSA) is 87.7 Å². The Morgan fingerprint density at radius 1 is 1.05 bits per heavy atom. The molecule has 7 heteroatoms. The summed E-state index contributed by atoms with van der Waals surface area (Å²) in [5.74, 6) is -0.615. The van der Waals surface area contributed by atoms with Gasteiger partial charge < -0.3 is 9.84 Å². The number of hydrogen-bond donors (Lipinski definition) is 3. The van der Waals surface area contributed by atoms with Gasteiger partial charge in [-0.3, -0.25) is 20.4 Å². The fourth-order valence-corrected chi connectivity index (χ4v) is 1.74. The van der Waals surface area contributed by atoms with Gasteiger partial charge in [0.2, 0.25) is 0 Å². The number of halogens is 1. The van der Waals surface area contributed by atoms with Gasteiger partial charge >= 0.3 is 0 Å². The van der Waals surface area contributed by atoms with Crippen LogP contribution in [-0.4, -0.2) is 23.5 Å². The molecule has 114 valence electrons. The zero-order chi connectivity index (χ0) is 15.9. The lowest BCUT2D eigenvalue weighted by molar-refractivity contribution is -0.123. The third-order valence-electron chi connectivity index (χ3n) is 2.64. The van der Waals surface area contributed by atoms with Crippen LogP contribution in [0.1, 0.15) is 10.4 Å². The summed E-state index contributed by atoms with van der Waals surface area (Å²) in [5.41, 5.74) is 4.75. The van der Waals surface area contributed by atoms with E-state index < -0.39 is 11.8 Å². The maximum atomic E-state index is 11.7. The van der Waals surface area contributed by atoms with Gasteiger partial charge in [-0.2, -0.15) is 0 Å². The van der Waals surface area contributed by atoms with Crippen LogP contribution in [0.4, 0.5) is 0 Å². The number of ether oxygens (including phenoxy) is 1. The molecule has 0 saturated heterocycles. The van der Waals surface area contributed by atoms with Crippen molar-refractivity contribution < 1.29 is 19.4 Å². The lowest BCUT2D eigenvalue weighted by atomic mass is 10.2. The number of aromatic hydroxyl groups is 1. The van der Waals surface area contributed by atoms with E-state index in [9.17, 15) is 9.59 Å². The van der Waals surface area contributed by atoms with Crippen molar-refractivity contribution in [3.63, 3.8) is 0 Å². The van der Waals surface area contributed by atoms with E-state index in [-0.39, 0.29) is 12.4 Å². The van der Waals surface area contributed by atoms with Crippen molar-refractivity contribution in [3.8, 4) is 11.5 Å². The molecule has 3 N–H and O–H groups in total. The molecule has 6 nitrogen and oxygen atoms in total. The van der Waals surface area contributed by atoms with Crippen molar-refractivity contribution in [1.29, 1.82) is 0 Å². The van der Waals surface area contributed by atoms with Gasteiger partial charge in [0.05, 0.1) is 5.02 Å². The number of hydrogen-bond acceptors (Lipinski definition) is 4. The second-order valence-electron chi connectivity index (χ2n) is 4.27. The summed E-state index contributed by atoms with van der Waals surface area (Å²) in [6, 6.07) is 12.3. The molecule has 0 spiro atoms. The summed E-state index contributed by atoms with van der Waals surface area (Å²) in [4.78, 5) is 23.3. The van der Waals surface area contributed by atoms with E-state index >= 15 is 0 Å². The predicted molar refractivity (Wildman–Crippen MR) is 80.7 cm³/mol. The summed E-state index contributed by atoms with van der Waals surface area (Å²) in [7, 11) is 0. The van der Waals surface area contributed by atoms with Crippen molar-refractivity contribution >= 4 is 23.4 Å². The van der Waals surface area contributed by atoms with E-state index in [0.29, 0.717) is 16.3 Å². The van der Waals surface area contributed by atoms with Crippen molar-refractivity contribution in [1.82, 2.24) is 10.9 Å². The van der Waals surface area contributed by atoms with E-state index in [0.717, 1.165) is 0 Å². The van der Waals surface area contributed by atoms with E-state index in [1.165, 1.54) is 24.3 Å². The van der Waals surface area contributed by atoms with E-state index in [2.05, 4.69) is 10.9 Å². The lowest BCUT2D eigenvalue weighted by Gasteiger charge is -2.09. The molecule has 0 saturated carbocycles. The third kappa shape index (κ3) is 4.39. The number of amides is 2. The minimum atomic E-state index is -0.535. The molecule has 0 radical (unpaired) electrons. The monoisotopic (exact) mass is 320 g/mol. The molecular weight excluding hydrogens is 308 g/mol. The number of nitrogens with one attached hydrogen (secondary N) is 2. The van der Waals surface area contributed by atoms with E-state index in [4.69, 9.17) is 21.4 Å². The molecule has 2 aromatic rings. The number of hydrazine groups is 1. The first-order chi connectivity index (χ1) is 10.6. The number of rotatable bonds is 4. The second kappa shape index (κ2) is 7.33. The van der Waals surface area contributed by atoms with E-state index in [1.54, 1.807) is 24.3 Å². The molecule has 0 unspecified atom stereocenters. The van der Waals surface area contributed by atoms with Gasteiger partial charge in [-0.1, -0.05) is 23.7 Å². The molecular formula is C15H13ClN2O4. The van der Waals surface area contributed by atoms with Crippen LogP contribution < -0.4 is 15.6 Å². The van der Waals surface area contributed by atoms with Crippen LogP contribution in [0.5, 0.6) is 11.5 Å². The summed E-state index contributed by atoms with van der Waals surface area (Å²) in [6.45, 7) is -0.292. The highest BCUT2D eigenvalue weighted by Gasteiger charge is 2.08. The Labute approximate surface area is 131 Å². The van der Waals surface area contributed by atoms with Crippen LogP contribution in [0.15, 0.2) is 48.5 Å². The van der Waals surface area contributed by atoms with Gasteiger partial charge in [0.25, 0.3) is 11.8 Å². The normalized spacial score (nSPS) is 9.86. The smallest absolute Gasteiger partial charge is 0.276 e. The van der Waals surface area contributed by atoms with Gasteiger partial charge in [-0.05, 0) is 36.4 Å². The highest BCUT2D eigenvalue weighted by atomic mass is 35.5. The average Bonchev–Trinajstić information content (AvgIpc) is 2.52. The second-order valence-corrected chi connectivity index (χ2v) is 4.68. The standard InChI is InChI=1S/C15H13ClN2O4/c16-12-3-1-2-4-13(12)22-9-14(20)17-18-15(21)10-5-7-11(19)8-6-10/h1-8,19H,9H2,(H,17,20)(H,18,21). The van der Waals surface area contributed by atoms with Crippen molar-refractivity contribution in [2.45, 2.75) is 0 Å². The van der Waals surface area contributed by atoms with E-state index in [1.807, 2.05) is 0 Å². The van der Waals surface area contributed by atoms with Crippen molar-refractivity contribution in [2.24, 2.45) is 0 Å². The van der Waals surface area contributed by atoms with Gasteiger partial charge in [0.15, 0.2) is 6.61 Å². The van der Waals surface area contributed by atoms with Crippen molar-refractivity contribution in [3.05, 3.63) is 59.1 Å². The van der Waals surface area contributed by atoms with Crippen LogP contribution >= 0.6 is 11.6 Å². The highest BCUT2D eigenvalue weighted by molar-refractivity contribution is 6.32. The zero-order valence-corrected chi connectivity index (χ0v) is 12.1. The zero-order valence-electron chi connectivity index (χ0n) is 11.4. The lowest BCUT2D eigenvalue weighted by Crippen LogP contribution is -2.43. The minimum Gasteiger partial charge on any atom is -0.508 e. The number of para-hydroxylation sites is 1. The maximum Gasteiger partial charge on any atom is 0.276 e. The van der Waals surface area contributed by atoms with Gasteiger partial charge in [-0.25, -0.2) is 0 Å². The Balaban J connectivity index is 1.79. The fraction of sp³-hybridized carbons (Fsp3) is 0.0667. The molecule has 2 amide bonds. The molecule has 22 heavy (non-hydrogen) atoms. The maximum absolute atomic E-state index is 11.7. The van der Waals surface area contributed by atoms with Gasteiger partial charge in [0, 0.05) is 5.56 Å². The first-order valence-electron chi connectivity index (χ1n) is 6.32. The molecule has 0 bridgehead atoms. The number of carbonyl (C=O) groups excluding carboxylic acids is 2. The molecule has 0 atom stereocenters. The number of phenols is 1. The fourth-order valence-electron chi connectivity index (χ4n) is 1.55. The highest BCUT2D eigenvalue weighted by Crippen LogP contribution is 2.22. The Bertz CT molecular complexity index is 673. The third-order valence-corrected chi connectivity index (χ3v) is 2.95. The van der Waals surface area contributed by atoms with Gasteiger partial charge in [-0.15, -0.1) is 0 Å². The molecule has 0 aliphatic heterocycles. The largest absolute Gasteiger partial charge is 0.508 e. The molecule has 0 aromatic heterocycles. The summed E-state index contributed by atoms with van der Waals surface area (Å²) in [5, 5.41) is 9.52. The number of phenolic OH excluding ortho intramolecular Hbond substituents is 1. The number of benzene rings is 2. The van der Waals surface area contributed by atoms with Crippen LogP contribution in [0, 0.1) is 0 Å². The Kier molecular flexibility index (Phi) is 5.21. The minimum absolute atomic E-state index is 0.0497. The van der Waals surface area contributed by atoms with Crippen molar-refractivity contribution in [2.75, 3.05) is 6.61 Å². The predicted octanol–water partition coefficient (Wildman–Crippen LogP) is 1.89. The Morgan fingerprint density at radius 3 is 2.41 bits per heavy atom. The summed E-state index contributed by atoms with van der Waals surface area (Å²) >= 11 is 5.88. The molecule has 0 aliphatic rings. The first-order valence-corrected chi connectivity index (χ1v) is 6.69. The quantitative estimate of drug-likeness (QED) is 0.751. The molecule has 0 fully saturated rings. The molecule has 0 aliphatic carbocycles.